The summed E-state index contributed by atoms with van der Waals surface area (Å²) in [6.45, 7) is 3.28. The molecule has 0 spiro atoms. The Morgan fingerprint density at radius 1 is 1.10 bits per heavy atom. The van der Waals surface area contributed by atoms with Crippen LogP contribution in [-0.2, 0) is 6.54 Å². The van der Waals surface area contributed by atoms with E-state index < -0.39 is 6.10 Å². The fourth-order valence-electron chi connectivity index (χ4n) is 2.66. The van der Waals surface area contributed by atoms with Crippen LogP contribution in [0.1, 0.15) is 24.2 Å². The molecule has 0 aliphatic rings. The van der Waals surface area contributed by atoms with E-state index in [9.17, 15) is 5.11 Å². The van der Waals surface area contributed by atoms with Crippen LogP contribution in [0.15, 0.2) is 41.4 Å². The molecule has 1 unspecified atom stereocenters. The highest BCUT2D eigenvalue weighted by atomic mass is 127. The van der Waals surface area contributed by atoms with Gasteiger partial charge in [0.2, 0.25) is 0 Å². The van der Waals surface area contributed by atoms with E-state index in [1.165, 1.54) is 0 Å². The molecule has 0 fully saturated rings. The Kier molecular flexibility index (Phi) is 11.5. The van der Waals surface area contributed by atoms with E-state index in [0.717, 1.165) is 5.56 Å². The number of methoxy groups -OCH3 is 2. The molecule has 0 saturated carbocycles. The van der Waals surface area contributed by atoms with Gasteiger partial charge in [-0.25, -0.2) is 4.99 Å². The predicted octanol–water partition coefficient (Wildman–Crippen LogP) is 4.42. The van der Waals surface area contributed by atoms with Gasteiger partial charge in [-0.1, -0.05) is 35.3 Å². The minimum absolute atomic E-state index is 0. The molecule has 29 heavy (non-hydrogen) atoms. The molecule has 0 bridgehead atoms. The summed E-state index contributed by atoms with van der Waals surface area (Å²) < 4.78 is 10.8. The molecule has 0 saturated heterocycles. The van der Waals surface area contributed by atoms with Gasteiger partial charge in [0.1, 0.15) is 0 Å². The van der Waals surface area contributed by atoms with Gasteiger partial charge in [0.05, 0.1) is 26.9 Å². The van der Waals surface area contributed by atoms with E-state index in [4.69, 9.17) is 32.7 Å². The number of benzene rings is 2. The Morgan fingerprint density at radius 3 is 2.38 bits per heavy atom. The Bertz CT molecular complexity index is 801. The number of para-hydroxylation sites is 1. The maximum Gasteiger partial charge on any atom is 0.191 e. The molecule has 0 radical (unpaired) electrons. The number of aliphatic imine (C=N–C) groups is 1. The van der Waals surface area contributed by atoms with Crippen LogP contribution in [0.2, 0.25) is 10.0 Å². The third kappa shape index (κ3) is 7.73. The third-order valence-corrected chi connectivity index (χ3v) is 4.41. The van der Waals surface area contributed by atoms with Crippen LogP contribution in [0.3, 0.4) is 0 Å². The molecule has 0 aliphatic heterocycles. The van der Waals surface area contributed by atoms with Crippen molar-refractivity contribution < 1.29 is 14.6 Å². The first-order valence-corrected chi connectivity index (χ1v) is 9.60. The van der Waals surface area contributed by atoms with Crippen LogP contribution < -0.4 is 20.1 Å². The number of rotatable bonds is 8. The maximum absolute atomic E-state index is 10.4. The zero-order chi connectivity index (χ0) is 20.5. The number of aliphatic hydroxyl groups is 1. The van der Waals surface area contributed by atoms with Crippen LogP contribution in [0.4, 0.5) is 0 Å². The van der Waals surface area contributed by atoms with Gasteiger partial charge in [-0.2, -0.15) is 0 Å². The molecule has 2 rings (SSSR count). The van der Waals surface area contributed by atoms with Gasteiger partial charge in [0, 0.05) is 28.7 Å². The Balaban J connectivity index is 0.00000420. The minimum atomic E-state index is -0.786. The average Bonchev–Trinajstić information content (AvgIpc) is 2.68. The van der Waals surface area contributed by atoms with Gasteiger partial charge < -0.3 is 25.2 Å². The van der Waals surface area contributed by atoms with Crippen molar-refractivity contribution in [3.8, 4) is 11.5 Å². The molecule has 160 valence electrons. The van der Waals surface area contributed by atoms with Crippen molar-refractivity contribution in [3.05, 3.63) is 57.6 Å². The number of halogens is 3. The number of ether oxygens (including phenoxy) is 2. The highest BCUT2D eigenvalue weighted by molar-refractivity contribution is 14.0. The second-order valence-corrected chi connectivity index (χ2v) is 6.82. The number of hydrogen-bond acceptors (Lipinski definition) is 4. The first-order valence-electron chi connectivity index (χ1n) is 8.84. The number of nitrogens with one attached hydrogen (secondary N) is 2. The lowest BCUT2D eigenvalue weighted by atomic mass is 10.1. The SMILES string of the molecule is CCNC(=NCc1cccc(OC)c1OC)NCC(O)c1cc(Cl)cc(Cl)c1.I. The smallest absolute Gasteiger partial charge is 0.191 e. The lowest BCUT2D eigenvalue weighted by Gasteiger charge is -2.16. The van der Waals surface area contributed by atoms with Crippen molar-refractivity contribution in [2.45, 2.75) is 19.6 Å². The maximum atomic E-state index is 10.4. The van der Waals surface area contributed by atoms with E-state index in [0.29, 0.717) is 46.2 Å². The largest absolute Gasteiger partial charge is 0.493 e. The van der Waals surface area contributed by atoms with Gasteiger partial charge in [0.15, 0.2) is 17.5 Å². The number of hydrogen-bond donors (Lipinski definition) is 3. The molecule has 1 atom stereocenters. The summed E-state index contributed by atoms with van der Waals surface area (Å²) in [5, 5.41) is 17.7. The first kappa shape index (κ1) is 25.6. The molecule has 9 heteroatoms. The third-order valence-electron chi connectivity index (χ3n) is 3.97. The summed E-state index contributed by atoms with van der Waals surface area (Å²) in [4.78, 5) is 4.56. The summed E-state index contributed by atoms with van der Waals surface area (Å²) in [6, 6.07) is 10.6. The van der Waals surface area contributed by atoms with Crippen molar-refractivity contribution in [2.75, 3.05) is 27.3 Å². The summed E-state index contributed by atoms with van der Waals surface area (Å²) in [5.74, 6) is 1.87. The quantitative estimate of drug-likeness (QED) is 0.256. The van der Waals surface area contributed by atoms with Crippen LogP contribution >= 0.6 is 47.2 Å². The van der Waals surface area contributed by atoms with Gasteiger partial charge in [-0.05, 0) is 36.8 Å². The lowest BCUT2D eigenvalue weighted by Crippen LogP contribution is -2.39. The molecular formula is C20H26Cl2IN3O3. The van der Waals surface area contributed by atoms with Crippen LogP contribution in [0.25, 0.3) is 0 Å². The summed E-state index contributed by atoms with van der Waals surface area (Å²) in [7, 11) is 3.20. The second-order valence-electron chi connectivity index (χ2n) is 5.95. The van der Waals surface area contributed by atoms with Gasteiger partial charge in [-0.3, -0.25) is 0 Å². The fourth-order valence-corrected chi connectivity index (χ4v) is 3.21. The molecular weight excluding hydrogens is 528 g/mol. The predicted molar refractivity (Wildman–Crippen MR) is 129 cm³/mol. The summed E-state index contributed by atoms with van der Waals surface area (Å²) in [5.41, 5.74) is 1.52. The van der Waals surface area contributed by atoms with Gasteiger partial charge in [0.25, 0.3) is 0 Å². The molecule has 2 aromatic rings. The zero-order valence-corrected chi connectivity index (χ0v) is 20.4. The van der Waals surface area contributed by atoms with Gasteiger partial charge in [-0.15, -0.1) is 24.0 Å². The van der Waals surface area contributed by atoms with Crippen molar-refractivity contribution >= 4 is 53.1 Å². The Labute approximate surface area is 198 Å². The molecule has 0 aromatic heterocycles. The standard InChI is InChI=1S/C20H25Cl2N3O3.HI/c1-4-23-20(24-11-13-6-5-7-18(27-2)19(13)28-3)25-12-17(26)14-8-15(21)10-16(22)9-14;/h5-10,17,26H,4,11-12H2,1-3H3,(H2,23,24,25);1H. The lowest BCUT2D eigenvalue weighted by molar-refractivity contribution is 0.181. The van der Waals surface area contributed by atoms with Crippen molar-refractivity contribution in [1.82, 2.24) is 10.6 Å². The van der Waals surface area contributed by atoms with Crippen molar-refractivity contribution in [3.63, 3.8) is 0 Å². The normalized spacial score (nSPS) is 12.0. The fraction of sp³-hybridized carbons (Fsp3) is 0.350. The average molecular weight is 554 g/mol. The van der Waals surface area contributed by atoms with Crippen LogP contribution in [0.5, 0.6) is 11.5 Å². The second kappa shape index (κ2) is 13.0. The highest BCUT2D eigenvalue weighted by Gasteiger charge is 2.12. The number of nitrogens with zero attached hydrogens (tertiary/aromatic N) is 1. The number of aliphatic hydroxyl groups excluding tert-OH is 1. The van der Waals surface area contributed by atoms with Crippen LogP contribution in [0, 0.1) is 0 Å². The highest BCUT2D eigenvalue weighted by Crippen LogP contribution is 2.31. The van der Waals surface area contributed by atoms with E-state index >= 15 is 0 Å². The van der Waals surface area contributed by atoms with E-state index in [-0.39, 0.29) is 30.5 Å². The van der Waals surface area contributed by atoms with E-state index in [2.05, 4.69) is 15.6 Å². The van der Waals surface area contributed by atoms with Crippen molar-refractivity contribution in [1.29, 1.82) is 0 Å². The van der Waals surface area contributed by atoms with Crippen molar-refractivity contribution in [2.24, 2.45) is 4.99 Å². The molecule has 3 N–H and O–H groups in total. The van der Waals surface area contributed by atoms with Crippen LogP contribution in [-0.4, -0.2) is 38.4 Å². The molecule has 2 aromatic carbocycles. The summed E-state index contributed by atoms with van der Waals surface area (Å²) >= 11 is 12.0. The molecule has 0 amide bonds. The zero-order valence-electron chi connectivity index (χ0n) is 16.5. The topological polar surface area (TPSA) is 75.1 Å². The molecule has 0 heterocycles. The minimum Gasteiger partial charge on any atom is -0.493 e. The number of guanidine groups is 1. The monoisotopic (exact) mass is 553 g/mol. The van der Waals surface area contributed by atoms with E-state index in [1.807, 2.05) is 25.1 Å². The summed E-state index contributed by atoms with van der Waals surface area (Å²) in [6.07, 6.45) is -0.786. The van der Waals surface area contributed by atoms with Gasteiger partial charge >= 0.3 is 0 Å². The Morgan fingerprint density at radius 2 is 1.79 bits per heavy atom. The molecule has 0 aliphatic carbocycles. The Hall–Kier alpha value is -1.42. The molecule has 6 nitrogen and oxygen atoms in total. The van der Waals surface area contributed by atoms with E-state index in [1.54, 1.807) is 32.4 Å². The first-order chi connectivity index (χ1) is 13.5.